The van der Waals surface area contributed by atoms with E-state index in [1.165, 1.54) is 12.8 Å². The summed E-state index contributed by atoms with van der Waals surface area (Å²) < 4.78 is 0. The third-order valence-corrected chi connectivity index (χ3v) is 5.43. The topological polar surface area (TPSA) is 68.3 Å². The summed E-state index contributed by atoms with van der Waals surface area (Å²) in [6.45, 7) is 3.37. The van der Waals surface area contributed by atoms with Crippen LogP contribution in [0.5, 0.6) is 0 Å². The van der Waals surface area contributed by atoms with E-state index >= 15 is 0 Å². The Labute approximate surface area is 130 Å². The van der Waals surface area contributed by atoms with E-state index in [9.17, 15) is 0 Å². The smallest absolute Gasteiger partial charge is 0.142 e. The van der Waals surface area contributed by atoms with Crippen molar-refractivity contribution in [2.24, 2.45) is 11.8 Å². The molecule has 4 rings (SSSR count). The third-order valence-electron chi connectivity index (χ3n) is 5.43. The molecule has 1 saturated carbocycles. The van der Waals surface area contributed by atoms with Gasteiger partial charge in [-0.3, -0.25) is 0 Å². The van der Waals surface area contributed by atoms with Gasteiger partial charge >= 0.3 is 0 Å². The predicted octanol–water partition coefficient (Wildman–Crippen LogP) is 1.10. The monoisotopic (exact) mass is 301 g/mol. The van der Waals surface area contributed by atoms with Crippen molar-refractivity contribution in [1.82, 2.24) is 19.9 Å². The van der Waals surface area contributed by atoms with Gasteiger partial charge in [-0.25, -0.2) is 9.97 Å². The number of likely N-dealkylation sites (tertiary alicyclic amines) is 1. The van der Waals surface area contributed by atoms with Gasteiger partial charge in [-0.05, 0) is 30.7 Å². The molecule has 3 heterocycles. The minimum Gasteiger partial charge on any atom is -0.395 e. The number of hydrogen-bond donors (Lipinski definition) is 2. The normalized spacial score (nSPS) is 28.4. The number of hydrogen-bond acceptors (Lipinski definition) is 5. The van der Waals surface area contributed by atoms with Gasteiger partial charge in [0.05, 0.1) is 12.0 Å². The largest absolute Gasteiger partial charge is 0.395 e. The Balaban J connectivity index is 1.49. The minimum atomic E-state index is 0.273. The van der Waals surface area contributed by atoms with E-state index in [0.29, 0.717) is 6.04 Å². The highest BCUT2D eigenvalue weighted by Gasteiger charge is 2.42. The second-order valence-corrected chi connectivity index (χ2v) is 6.68. The zero-order valence-corrected chi connectivity index (χ0v) is 12.9. The van der Waals surface area contributed by atoms with Crippen molar-refractivity contribution in [2.75, 3.05) is 38.2 Å². The first-order chi connectivity index (χ1) is 10.8. The van der Waals surface area contributed by atoms with E-state index < -0.39 is 0 Å². The van der Waals surface area contributed by atoms with E-state index in [1.807, 2.05) is 6.20 Å². The molecule has 2 unspecified atom stereocenters. The molecular weight excluding hydrogens is 278 g/mol. The van der Waals surface area contributed by atoms with Crippen molar-refractivity contribution in [3.05, 3.63) is 18.6 Å². The average molecular weight is 301 g/mol. The molecule has 2 fully saturated rings. The van der Waals surface area contributed by atoms with Crippen molar-refractivity contribution in [3.63, 3.8) is 0 Å². The minimum absolute atomic E-state index is 0.273. The summed E-state index contributed by atoms with van der Waals surface area (Å²) in [5.74, 6) is 2.56. The molecule has 6 heteroatoms. The highest BCUT2D eigenvalue weighted by Crippen LogP contribution is 2.41. The van der Waals surface area contributed by atoms with Crippen LogP contribution in [0.4, 0.5) is 5.82 Å². The standard InChI is InChI=1S/C16H23N5O/c1-20(16-14-2-3-17-15(14)18-10-19-16)13-6-11-8-21(4-5-22)9-12(11)7-13/h2-3,10-13,22H,4-9H2,1H3,(H,17,18,19)/t11-,12?,13?/m1/s1. The van der Waals surface area contributed by atoms with Gasteiger partial charge in [0.25, 0.3) is 0 Å². The number of β-amino-alcohol motifs (C(OH)–C–C–N with tert-alkyl or cyclic N) is 1. The fourth-order valence-electron chi connectivity index (χ4n) is 4.32. The highest BCUT2D eigenvalue weighted by molar-refractivity contribution is 5.87. The van der Waals surface area contributed by atoms with Gasteiger partial charge < -0.3 is 19.9 Å². The van der Waals surface area contributed by atoms with Crippen molar-refractivity contribution >= 4 is 16.9 Å². The fourth-order valence-corrected chi connectivity index (χ4v) is 4.32. The number of aromatic amines is 1. The Morgan fingerprint density at radius 3 is 2.82 bits per heavy atom. The molecule has 6 nitrogen and oxygen atoms in total. The zero-order chi connectivity index (χ0) is 15.1. The summed E-state index contributed by atoms with van der Waals surface area (Å²) in [6, 6.07) is 2.61. The number of nitrogens with one attached hydrogen (secondary N) is 1. The summed E-state index contributed by atoms with van der Waals surface area (Å²) in [5, 5.41) is 10.2. The van der Waals surface area contributed by atoms with Crippen LogP contribution in [0.2, 0.25) is 0 Å². The van der Waals surface area contributed by atoms with Crippen molar-refractivity contribution < 1.29 is 5.11 Å². The average Bonchev–Trinajstić information content (AvgIpc) is 3.19. The maximum absolute atomic E-state index is 9.09. The number of fused-ring (bicyclic) bond motifs is 2. The summed E-state index contributed by atoms with van der Waals surface area (Å²) in [5.41, 5.74) is 0.907. The predicted molar refractivity (Wildman–Crippen MR) is 85.8 cm³/mol. The molecule has 22 heavy (non-hydrogen) atoms. The lowest BCUT2D eigenvalue weighted by Crippen LogP contribution is -2.33. The van der Waals surface area contributed by atoms with Crippen LogP contribution in [0.15, 0.2) is 18.6 Å². The summed E-state index contributed by atoms with van der Waals surface area (Å²) in [7, 11) is 2.16. The van der Waals surface area contributed by atoms with E-state index in [0.717, 1.165) is 48.3 Å². The molecule has 3 atom stereocenters. The number of rotatable bonds is 4. The van der Waals surface area contributed by atoms with Gasteiger partial charge in [0.15, 0.2) is 0 Å². The lowest BCUT2D eigenvalue weighted by molar-refractivity contribution is 0.211. The van der Waals surface area contributed by atoms with Crippen molar-refractivity contribution in [3.8, 4) is 0 Å². The SMILES string of the molecule is CN(c1ncnc2[nH]ccc12)C1CC2CN(CCO)C[C@H]2C1. The molecule has 2 aliphatic rings. The second kappa shape index (κ2) is 5.52. The number of aliphatic hydroxyl groups excluding tert-OH is 1. The van der Waals surface area contributed by atoms with E-state index in [2.05, 4.69) is 37.9 Å². The molecule has 1 saturated heterocycles. The molecule has 0 amide bonds. The Morgan fingerprint density at radius 1 is 1.32 bits per heavy atom. The lowest BCUT2D eigenvalue weighted by Gasteiger charge is -2.27. The molecule has 1 aliphatic carbocycles. The maximum atomic E-state index is 9.09. The van der Waals surface area contributed by atoms with Gasteiger partial charge in [0.2, 0.25) is 0 Å². The molecule has 2 N–H and O–H groups in total. The summed E-state index contributed by atoms with van der Waals surface area (Å²) >= 11 is 0. The Morgan fingerprint density at radius 2 is 2.09 bits per heavy atom. The fraction of sp³-hybridized carbons (Fsp3) is 0.625. The van der Waals surface area contributed by atoms with Gasteiger partial charge in [-0.15, -0.1) is 0 Å². The van der Waals surface area contributed by atoms with Crippen molar-refractivity contribution in [2.45, 2.75) is 18.9 Å². The Kier molecular flexibility index (Phi) is 3.50. The van der Waals surface area contributed by atoms with Gasteiger partial charge in [0, 0.05) is 38.9 Å². The molecule has 1 aliphatic heterocycles. The molecular formula is C16H23N5O. The molecule has 0 bridgehead atoms. The van der Waals surface area contributed by atoms with Crippen LogP contribution in [0.25, 0.3) is 11.0 Å². The first-order valence-corrected chi connectivity index (χ1v) is 8.10. The molecule has 0 spiro atoms. The van der Waals surface area contributed by atoms with E-state index in [-0.39, 0.29) is 6.61 Å². The Bertz CT molecular complexity index is 643. The molecule has 0 aromatic carbocycles. The third kappa shape index (κ3) is 2.27. The Hall–Kier alpha value is -1.66. The molecule has 2 aromatic rings. The number of anilines is 1. The first kappa shape index (κ1) is 14.0. The van der Waals surface area contributed by atoms with Crippen LogP contribution in [0, 0.1) is 11.8 Å². The number of nitrogens with zero attached hydrogens (tertiary/aromatic N) is 4. The van der Waals surface area contributed by atoms with Crippen LogP contribution in [0.3, 0.4) is 0 Å². The number of H-pyrrole nitrogens is 1. The highest BCUT2D eigenvalue weighted by atomic mass is 16.3. The van der Waals surface area contributed by atoms with Gasteiger partial charge in [-0.2, -0.15) is 0 Å². The van der Waals surface area contributed by atoms with E-state index in [4.69, 9.17) is 5.11 Å². The van der Waals surface area contributed by atoms with Crippen LogP contribution in [-0.2, 0) is 0 Å². The quantitative estimate of drug-likeness (QED) is 0.885. The molecule has 118 valence electrons. The maximum Gasteiger partial charge on any atom is 0.142 e. The zero-order valence-electron chi connectivity index (χ0n) is 12.9. The second-order valence-electron chi connectivity index (χ2n) is 6.68. The van der Waals surface area contributed by atoms with Gasteiger partial charge in [0.1, 0.15) is 17.8 Å². The number of aromatic nitrogens is 3. The van der Waals surface area contributed by atoms with E-state index in [1.54, 1.807) is 6.33 Å². The first-order valence-electron chi connectivity index (χ1n) is 8.10. The number of aliphatic hydroxyl groups is 1. The lowest BCUT2D eigenvalue weighted by atomic mass is 10.0. The summed E-state index contributed by atoms with van der Waals surface area (Å²) in [6.07, 6.45) is 6.01. The molecule has 0 radical (unpaired) electrons. The summed E-state index contributed by atoms with van der Waals surface area (Å²) in [4.78, 5) is 16.7. The molecule has 2 aromatic heterocycles. The van der Waals surface area contributed by atoms with Gasteiger partial charge in [-0.1, -0.05) is 0 Å². The van der Waals surface area contributed by atoms with Crippen LogP contribution < -0.4 is 4.90 Å². The van der Waals surface area contributed by atoms with Crippen LogP contribution in [-0.4, -0.2) is 64.3 Å². The van der Waals surface area contributed by atoms with Crippen LogP contribution in [0.1, 0.15) is 12.8 Å². The van der Waals surface area contributed by atoms with Crippen molar-refractivity contribution in [1.29, 1.82) is 0 Å². The van der Waals surface area contributed by atoms with Crippen LogP contribution >= 0.6 is 0 Å².